The summed E-state index contributed by atoms with van der Waals surface area (Å²) in [6.45, 7) is 2.36. The number of rotatable bonds is 2. The highest BCUT2D eigenvalue weighted by atomic mass is 35.5. The van der Waals surface area contributed by atoms with E-state index in [2.05, 4.69) is 6.92 Å². The second-order valence-corrected chi connectivity index (χ2v) is 3.98. The quantitative estimate of drug-likeness (QED) is 0.543. The van der Waals surface area contributed by atoms with Crippen LogP contribution >= 0.6 is 11.6 Å². The molecule has 0 nitrogen and oxygen atoms in total. The van der Waals surface area contributed by atoms with Crippen LogP contribution in [0.5, 0.6) is 0 Å². The normalized spacial score (nSPS) is 34.2. The van der Waals surface area contributed by atoms with E-state index in [4.69, 9.17) is 11.6 Å². The lowest BCUT2D eigenvalue weighted by Gasteiger charge is -2.25. The van der Waals surface area contributed by atoms with Crippen LogP contribution in [0.4, 0.5) is 0 Å². The summed E-state index contributed by atoms with van der Waals surface area (Å²) in [7, 11) is 0. The lowest BCUT2D eigenvalue weighted by Crippen LogP contribution is -2.12. The molecule has 1 rings (SSSR count). The van der Waals surface area contributed by atoms with Gasteiger partial charge in [0.05, 0.1) is 0 Å². The van der Waals surface area contributed by atoms with E-state index < -0.39 is 0 Å². The summed E-state index contributed by atoms with van der Waals surface area (Å²) >= 11 is 5.67. The van der Waals surface area contributed by atoms with Crippen molar-refractivity contribution in [2.45, 2.75) is 39.0 Å². The summed E-state index contributed by atoms with van der Waals surface area (Å²) in [5.41, 5.74) is 0. The summed E-state index contributed by atoms with van der Waals surface area (Å²) < 4.78 is 0. The van der Waals surface area contributed by atoms with E-state index in [1.54, 1.807) is 0 Å². The van der Waals surface area contributed by atoms with Crippen molar-refractivity contribution in [1.29, 1.82) is 0 Å². The van der Waals surface area contributed by atoms with Crippen molar-refractivity contribution in [3.63, 3.8) is 0 Å². The molecule has 0 N–H and O–H groups in total. The average Bonchev–Trinajstić information content (AvgIpc) is 1.95. The zero-order chi connectivity index (χ0) is 7.40. The fourth-order valence-electron chi connectivity index (χ4n) is 1.77. The Hall–Kier alpha value is 0.290. The maximum atomic E-state index is 5.67. The molecule has 0 heterocycles. The van der Waals surface area contributed by atoms with Crippen LogP contribution in [0, 0.1) is 11.8 Å². The van der Waals surface area contributed by atoms with Crippen LogP contribution in [-0.4, -0.2) is 5.88 Å². The first-order valence-corrected chi connectivity index (χ1v) is 4.92. The summed E-state index contributed by atoms with van der Waals surface area (Å²) in [5.74, 6) is 2.79. The van der Waals surface area contributed by atoms with Gasteiger partial charge in [-0.25, -0.2) is 0 Å². The second-order valence-electron chi connectivity index (χ2n) is 3.60. The van der Waals surface area contributed by atoms with Gasteiger partial charge in [-0.1, -0.05) is 32.6 Å². The first kappa shape index (κ1) is 8.39. The fraction of sp³-hybridized carbons (Fsp3) is 1.00. The monoisotopic (exact) mass is 160 g/mol. The molecule has 1 aliphatic rings. The first-order chi connectivity index (χ1) is 4.83. The maximum Gasteiger partial charge on any atom is 0.0226 e. The largest absolute Gasteiger partial charge is 0.127 e. The van der Waals surface area contributed by atoms with Crippen LogP contribution < -0.4 is 0 Å². The standard InChI is InChI=1S/C9H17Cl/c1-8-2-4-9(5-3-8)6-7-10/h8-9H,2-7H2,1H3. The molecule has 0 atom stereocenters. The van der Waals surface area contributed by atoms with Gasteiger partial charge in [0.15, 0.2) is 0 Å². The Kier molecular flexibility index (Phi) is 3.55. The molecule has 0 saturated heterocycles. The highest BCUT2D eigenvalue weighted by Crippen LogP contribution is 2.30. The third-order valence-corrected chi connectivity index (χ3v) is 2.87. The van der Waals surface area contributed by atoms with Gasteiger partial charge in [-0.3, -0.25) is 0 Å². The van der Waals surface area contributed by atoms with E-state index in [-0.39, 0.29) is 0 Å². The van der Waals surface area contributed by atoms with Crippen LogP contribution in [0.1, 0.15) is 39.0 Å². The summed E-state index contributed by atoms with van der Waals surface area (Å²) in [4.78, 5) is 0. The molecule has 1 fully saturated rings. The summed E-state index contributed by atoms with van der Waals surface area (Å²) in [6, 6.07) is 0. The van der Waals surface area contributed by atoms with Gasteiger partial charge in [-0.05, 0) is 18.3 Å². The Morgan fingerprint density at radius 3 is 2.30 bits per heavy atom. The minimum atomic E-state index is 0.860. The maximum absolute atomic E-state index is 5.67. The molecule has 0 radical (unpaired) electrons. The molecule has 0 aromatic carbocycles. The Morgan fingerprint density at radius 2 is 1.80 bits per heavy atom. The lowest BCUT2D eigenvalue weighted by atomic mass is 9.82. The van der Waals surface area contributed by atoms with Crippen LogP contribution in [0.25, 0.3) is 0 Å². The molecule has 0 amide bonds. The van der Waals surface area contributed by atoms with Gasteiger partial charge in [-0.2, -0.15) is 0 Å². The molecule has 0 aliphatic heterocycles. The molecule has 0 aromatic heterocycles. The topological polar surface area (TPSA) is 0 Å². The van der Waals surface area contributed by atoms with Crippen LogP contribution in [0.3, 0.4) is 0 Å². The van der Waals surface area contributed by atoms with Gasteiger partial charge in [0.2, 0.25) is 0 Å². The highest BCUT2D eigenvalue weighted by molar-refractivity contribution is 6.17. The van der Waals surface area contributed by atoms with Crippen molar-refractivity contribution in [3.05, 3.63) is 0 Å². The van der Waals surface area contributed by atoms with Crippen LogP contribution in [-0.2, 0) is 0 Å². The van der Waals surface area contributed by atoms with Crippen molar-refractivity contribution in [1.82, 2.24) is 0 Å². The third-order valence-electron chi connectivity index (χ3n) is 2.65. The van der Waals surface area contributed by atoms with E-state index >= 15 is 0 Å². The van der Waals surface area contributed by atoms with E-state index in [0.29, 0.717) is 0 Å². The molecular weight excluding hydrogens is 144 g/mol. The van der Waals surface area contributed by atoms with Gasteiger partial charge in [0, 0.05) is 5.88 Å². The summed E-state index contributed by atoms with van der Waals surface area (Å²) in [5, 5.41) is 0. The second kappa shape index (κ2) is 4.23. The van der Waals surface area contributed by atoms with E-state index in [0.717, 1.165) is 17.7 Å². The van der Waals surface area contributed by atoms with E-state index in [9.17, 15) is 0 Å². The number of hydrogen-bond donors (Lipinski definition) is 0. The van der Waals surface area contributed by atoms with Gasteiger partial charge in [-0.15, -0.1) is 11.6 Å². The van der Waals surface area contributed by atoms with Crippen molar-refractivity contribution in [2.75, 3.05) is 5.88 Å². The predicted octanol–water partition coefficient (Wildman–Crippen LogP) is 3.44. The molecule has 0 spiro atoms. The van der Waals surface area contributed by atoms with Gasteiger partial charge >= 0.3 is 0 Å². The molecule has 0 unspecified atom stereocenters. The lowest BCUT2D eigenvalue weighted by molar-refractivity contribution is 0.285. The third kappa shape index (κ3) is 2.49. The number of halogens is 1. The zero-order valence-electron chi connectivity index (χ0n) is 6.78. The SMILES string of the molecule is CC1CCC(CCCl)CC1. The Labute approximate surface area is 69.0 Å². The zero-order valence-corrected chi connectivity index (χ0v) is 7.53. The molecule has 0 bridgehead atoms. The minimum Gasteiger partial charge on any atom is -0.127 e. The van der Waals surface area contributed by atoms with E-state index in [1.807, 2.05) is 0 Å². The molecule has 60 valence electrons. The van der Waals surface area contributed by atoms with Crippen LogP contribution in [0.15, 0.2) is 0 Å². The van der Waals surface area contributed by atoms with Gasteiger partial charge in [0.1, 0.15) is 0 Å². The Balaban J connectivity index is 2.13. The minimum absolute atomic E-state index is 0.860. The average molecular weight is 161 g/mol. The van der Waals surface area contributed by atoms with Crippen molar-refractivity contribution < 1.29 is 0 Å². The molecular formula is C9H17Cl. The van der Waals surface area contributed by atoms with Crippen molar-refractivity contribution in [2.24, 2.45) is 11.8 Å². The molecule has 10 heavy (non-hydrogen) atoms. The fourth-order valence-corrected chi connectivity index (χ4v) is 2.08. The summed E-state index contributed by atoms with van der Waals surface area (Å²) in [6.07, 6.45) is 6.96. The number of alkyl halides is 1. The van der Waals surface area contributed by atoms with Gasteiger partial charge < -0.3 is 0 Å². The van der Waals surface area contributed by atoms with Gasteiger partial charge in [0.25, 0.3) is 0 Å². The molecule has 0 aromatic rings. The van der Waals surface area contributed by atoms with Crippen molar-refractivity contribution in [3.8, 4) is 0 Å². The van der Waals surface area contributed by atoms with E-state index in [1.165, 1.54) is 32.1 Å². The van der Waals surface area contributed by atoms with Crippen LogP contribution in [0.2, 0.25) is 0 Å². The Bertz CT molecular complexity index is 82.7. The number of hydrogen-bond acceptors (Lipinski definition) is 0. The molecule has 1 saturated carbocycles. The first-order valence-electron chi connectivity index (χ1n) is 4.39. The highest BCUT2D eigenvalue weighted by Gasteiger charge is 2.16. The Morgan fingerprint density at radius 1 is 1.20 bits per heavy atom. The van der Waals surface area contributed by atoms with Crippen molar-refractivity contribution >= 4 is 11.6 Å². The molecule has 1 heteroatoms. The smallest absolute Gasteiger partial charge is 0.0226 e. The predicted molar refractivity (Wildman–Crippen MR) is 46.5 cm³/mol. The molecule has 1 aliphatic carbocycles.